The maximum atomic E-state index is 13.1. The summed E-state index contributed by atoms with van der Waals surface area (Å²) in [5, 5.41) is 11.8. The topological polar surface area (TPSA) is 103 Å². The van der Waals surface area contributed by atoms with E-state index in [4.69, 9.17) is 9.15 Å². The molecular formula is C25H21N5O4. The molecule has 0 atom stereocenters. The number of nitrogens with zero attached hydrogens (tertiary/aromatic N) is 5. The molecule has 34 heavy (non-hydrogen) atoms. The van der Waals surface area contributed by atoms with Crippen molar-refractivity contribution in [2.75, 3.05) is 13.2 Å². The second-order valence-corrected chi connectivity index (χ2v) is 7.74. The molecule has 9 heteroatoms. The maximum Gasteiger partial charge on any atom is 0.357 e. The summed E-state index contributed by atoms with van der Waals surface area (Å²) in [7, 11) is 0. The third-order valence-electron chi connectivity index (χ3n) is 5.57. The minimum atomic E-state index is -0.744. The summed E-state index contributed by atoms with van der Waals surface area (Å²) in [6.07, 6.45) is 3.74. The van der Waals surface area contributed by atoms with E-state index in [9.17, 15) is 9.59 Å². The summed E-state index contributed by atoms with van der Waals surface area (Å²) in [4.78, 5) is 27.6. The van der Waals surface area contributed by atoms with Gasteiger partial charge >= 0.3 is 5.97 Å². The second-order valence-electron chi connectivity index (χ2n) is 7.74. The molecule has 5 rings (SSSR count). The van der Waals surface area contributed by atoms with Gasteiger partial charge in [0.15, 0.2) is 18.1 Å². The molecule has 9 nitrogen and oxygen atoms in total. The van der Waals surface area contributed by atoms with Gasteiger partial charge in [-0.3, -0.25) is 4.79 Å². The van der Waals surface area contributed by atoms with Crippen LogP contribution in [0.5, 0.6) is 0 Å². The second kappa shape index (κ2) is 9.53. The van der Waals surface area contributed by atoms with Gasteiger partial charge in [0.1, 0.15) is 5.76 Å². The molecule has 0 radical (unpaired) electrons. The summed E-state index contributed by atoms with van der Waals surface area (Å²) in [6, 6.07) is 20.6. The van der Waals surface area contributed by atoms with E-state index >= 15 is 0 Å². The molecule has 1 aliphatic heterocycles. The fraction of sp³-hybridized carbons (Fsp3) is 0.160. The van der Waals surface area contributed by atoms with Crippen molar-refractivity contribution >= 4 is 23.6 Å². The lowest BCUT2D eigenvalue weighted by molar-refractivity contribution is -0.148. The molecule has 0 saturated carbocycles. The van der Waals surface area contributed by atoms with Gasteiger partial charge in [-0.2, -0.15) is 4.68 Å². The largest absolute Gasteiger partial charge is 0.465 e. The zero-order valence-corrected chi connectivity index (χ0v) is 18.2. The van der Waals surface area contributed by atoms with Crippen molar-refractivity contribution in [3.63, 3.8) is 0 Å². The third kappa shape index (κ3) is 4.49. The van der Waals surface area contributed by atoms with Crippen molar-refractivity contribution in [1.29, 1.82) is 0 Å². The lowest BCUT2D eigenvalue weighted by Gasteiger charge is -2.28. The van der Waals surface area contributed by atoms with Crippen LogP contribution in [0.3, 0.4) is 0 Å². The number of hydrogen-bond acceptors (Lipinski definition) is 7. The van der Waals surface area contributed by atoms with Crippen LogP contribution in [-0.4, -0.2) is 50.1 Å². The van der Waals surface area contributed by atoms with Crippen LogP contribution >= 0.6 is 0 Å². The van der Waals surface area contributed by atoms with E-state index in [0.717, 1.165) is 12.0 Å². The Bertz CT molecular complexity index is 1330. The summed E-state index contributed by atoms with van der Waals surface area (Å²) in [6.45, 7) is 0.680. The number of rotatable bonds is 6. The van der Waals surface area contributed by atoms with E-state index in [1.54, 1.807) is 17.0 Å². The van der Waals surface area contributed by atoms with Crippen molar-refractivity contribution in [2.24, 2.45) is 0 Å². The zero-order valence-electron chi connectivity index (χ0n) is 18.2. The Morgan fingerprint density at radius 3 is 2.59 bits per heavy atom. The first kappa shape index (κ1) is 21.3. The van der Waals surface area contributed by atoms with Crippen molar-refractivity contribution in [2.45, 2.75) is 13.0 Å². The first-order valence-electron chi connectivity index (χ1n) is 10.8. The molecule has 1 amide bonds. The molecule has 0 spiro atoms. The minimum Gasteiger partial charge on any atom is -0.465 e. The molecular weight excluding hydrogens is 434 g/mol. The van der Waals surface area contributed by atoms with Crippen molar-refractivity contribution in [1.82, 2.24) is 25.1 Å². The van der Waals surface area contributed by atoms with Crippen LogP contribution in [-0.2, 0) is 27.3 Å². The summed E-state index contributed by atoms with van der Waals surface area (Å²) >= 11 is 0. The molecule has 0 unspecified atom stereocenters. The number of carbonyl (C=O) groups is 2. The monoisotopic (exact) mass is 455 g/mol. The van der Waals surface area contributed by atoms with Crippen LogP contribution in [0.15, 0.2) is 77.4 Å². The molecule has 0 N–H and O–H groups in total. The summed E-state index contributed by atoms with van der Waals surface area (Å²) in [5.74, 6) is -0.235. The molecule has 0 fully saturated rings. The Balaban J connectivity index is 1.35. The average Bonchev–Trinajstić information content (AvgIpc) is 3.58. The minimum absolute atomic E-state index is 0.0237. The van der Waals surface area contributed by atoms with Gasteiger partial charge < -0.3 is 14.1 Å². The van der Waals surface area contributed by atoms with Crippen LogP contribution in [0, 0.1) is 0 Å². The number of amides is 1. The number of aromatic nitrogens is 4. The molecule has 2 aromatic heterocycles. The van der Waals surface area contributed by atoms with Gasteiger partial charge in [0, 0.05) is 24.7 Å². The highest BCUT2D eigenvalue weighted by Crippen LogP contribution is 2.22. The maximum absolute atomic E-state index is 13.1. The predicted molar refractivity (Wildman–Crippen MR) is 123 cm³/mol. The molecule has 170 valence electrons. The summed E-state index contributed by atoms with van der Waals surface area (Å²) in [5.41, 5.74) is 3.08. The van der Waals surface area contributed by atoms with E-state index in [1.165, 1.54) is 22.6 Å². The quantitative estimate of drug-likeness (QED) is 0.325. The van der Waals surface area contributed by atoms with Gasteiger partial charge in [0.25, 0.3) is 5.91 Å². The fourth-order valence-corrected chi connectivity index (χ4v) is 3.83. The lowest BCUT2D eigenvalue weighted by atomic mass is 10.00. The number of tetrazole rings is 1. The molecule has 1 aliphatic rings. The SMILES string of the molecule is O=C(OCC(=O)N1CCc2ccccc2C1)/C(=C/c1ccco1)n1nnnc1-c1ccccc1. The first-order valence-corrected chi connectivity index (χ1v) is 10.8. The Morgan fingerprint density at radius 1 is 1.00 bits per heavy atom. The molecule has 0 saturated heterocycles. The number of esters is 1. The fourth-order valence-electron chi connectivity index (χ4n) is 3.83. The number of fused-ring (bicyclic) bond motifs is 1. The molecule has 2 aromatic carbocycles. The molecule has 0 aliphatic carbocycles. The smallest absolute Gasteiger partial charge is 0.357 e. The predicted octanol–water partition coefficient (Wildman–Crippen LogP) is 3.06. The molecule has 0 bridgehead atoms. The standard InChI is InChI=1S/C25H21N5O4/c31-23(29-13-12-18-7-4-5-10-20(18)16-29)17-34-25(32)22(15-21-11-6-14-33-21)30-24(26-27-28-30)19-8-2-1-3-9-19/h1-11,14-15H,12-13,16-17H2/b22-15-. The van der Waals surface area contributed by atoms with E-state index in [-0.39, 0.29) is 18.2 Å². The summed E-state index contributed by atoms with van der Waals surface area (Å²) < 4.78 is 12.1. The van der Waals surface area contributed by atoms with Crippen molar-refractivity contribution < 1.29 is 18.7 Å². The average molecular weight is 455 g/mol. The van der Waals surface area contributed by atoms with Crippen molar-refractivity contribution in [3.05, 3.63) is 89.9 Å². The van der Waals surface area contributed by atoms with Gasteiger partial charge in [-0.1, -0.05) is 54.6 Å². The van der Waals surface area contributed by atoms with E-state index < -0.39 is 5.97 Å². The van der Waals surface area contributed by atoms with Gasteiger partial charge in [0.05, 0.1) is 6.26 Å². The van der Waals surface area contributed by atoms with Crippen molar-refractivity contribution in [3.8, 4) is 11.4 Å². The van der Waals surface area contributed by atoms with E-state index in [2.05, 4.69) is 21.6 Å². The Kier molecular flexibility index (Phi) is 5.98. The third-order valence-corrected chi connectivity index (χ3v) is 5.57. The Labute approximate surface area is 195 Å². The van der Waals surface area contributed by atoms with Gasteiger partial charge in [-0.05, 0) is 40.1 Å². The van der Waals surface area contributed by atoms with Crippen LogP contribution in [0.25, 0.3) is 23.2 Å². The van der Waals surface area contributed by atoms with E-state index in [0.29, 0.717) is 30.2 Å². The molecule has 4 aromatic rings. The number of ether oxygens (including phenoxy) is 1. The highest BCUT2D eigenvalue weighted by Gasteiger charge is 2.25. The van der Waals surface area contributed by atoms with Gasteiger partial charge in [-0.25, -0.2) is 4.79 Å². The normalized spacial score (nSPS) is 13.4. The van der Waals surface area contributed by atoms with Crippen LogP contribution in [0.2, 0.25) is 0 Å². The molecule has 3 heterocycles. The van der Waals surface area contributed by atoms with Crippen LogP contribution in [0.4, 0.5) is 0 Å². The van der Waals surface area contributed by atoms with E-state index in [1.807, 2.05) is 48.5 Å². The van der Waals surface area contributed by atoms with Crippen LogP contribution < -0.4 is 0 Å². The first-order chi connectivity index (χ1) is 16.7. The number of hydrogen-bond donors (Lipinski definition) is 0. The van der Waals surface area contributed by atoms with Crippen LogP contribution in [0.1, 0.15) is 16.9 Å². The number of carbonyl (C=O) groups excluding carboxylic acids is 2. The van der Waals surface area contributed by atoms with Gasteiger partial charge in [0.2, 0.25) is 0 Å². The Hall–Kier alpha value is -4.53. The number of furan rings is 1. The zero-order chi connectivity index (χ0) is 23.3. The Morgan fingerprint density at radius 2 is 1.79 bits per heavy atom. The number of benzene rings is 2. The highest BCUT2D eigenvalue weighted by atomic mass is 16.5. The van der Waals surface area contributed by atoms with Gasteiger partial charge in [-0.15, -0.1) is 5.10 Å². The lowest BCUT2D eigenvalue weighted by Crippen LogP contribution is -2.38. The highest BCUT2D eigenvalue weighted by molar-refractivity contribution is 6.15.